The summed E-state index contributed by atoms with van der Waals surface area (Å²) in [5.74, 6) is -0.644. The summed E-state index contributed by atoms with van der Waals surface area (Å²) in [5.41, 5.74) is 1.74. The topological polar surface area (TPSA) is 97.3 Å². The van der Waals surface area contributed by atoms with Crippen LogP contribution in [0.3, 0.4) is 0 Å². The molecule has 2 aromatic rings. The fourth-order valence-electron chi connectivity index (χ4n) is 4.00. The molecule has 35 heavy (non-hydrogen) atoms. The van der Waals surface area contributed by atoms with Crippen molar-refractivity contribution >= 4 is 24.1 Å². The van der Waals surface area contributed by atoms with Gasteiger partial charge in [0.2, 0.25) is 5.91 Å². The number of hydrogen-bond acceptors (Lipinski definition) is 5. The minimum atomic E-state index is -0.861. The Hall–Kier alpha value is -3.52. The number of likely N-dealkylation sites (tertiary alicyclic amines) is 1. The highest BCUT2D eigenvalue weighted by molar-refractivity contribution is 5.94. The molecule has 2 atom stereocenters. The molecule has 1 fully saturated rings. The largest absolute Gasteiger partial charge is 0.445 e. The van der Waals surface area contributed by atoms with Gasteiger partial charge in [0.15, 0.2) is 0 Å². The van der Waals surface area contributed by atoms with E-state index < -0.39 is 18.2 Å². The predicted octanol–water partition coefficient (Wildman–Crippen LogP) is 3.54. The quantitative estimate of drug-likeness (QED) is 0.393. The van der Waals surface area contributed by atoms with Gasteiger partial charge in [-0.2, -0.15) is 0 Å². The van der Waals surface area contributed by atoms with E-state index in [1.807, 2.05) is 60.7 Å². The summed E-state index contributed by atoms with van der Waals surface area (Å²) >= 11 is 0. The van der Waals surface area contributed by atoms with Crippen molar-refractivity contribution in [3.63, 3.8) is 0 Å². The number of methoxy groups -OCH3 is 1. The molecule has 0 saturated carbocycles. The maximum atomic E-state index is 13.5. The molecule has 0 spiro atoms. The van der Waals surface area contributed by atoms with Crippen molar-refractivity contribution < 1.29 is 23.9 Å². The summed E-state index contributed by atoms with van der Waals surface area (Å²) in [5, 5.41) is 2.72. The zero-order valence-electron chi connectivity index (χ0n) is 20.1. The Balaban J connectivity index is 1.66. The van der Waals surface area contributed by atoms with Gasteiger partial charge in [-0.1, -0.05) is 60.7 Å². The fourth-order valence-corrected chi connectivity index (χ4v) is 4.00. The van der Waals surface area contributed by atoms with Gasteiger partial charge in [-0.05, 0) is 36.8 Å². The van der Waals surface area contributed by atoms with Crippen LogP contribution in [0, 0.1) is 0 Å². The highest BCUT2D eigenvalue weighted by Crippen LogP contribution is 2.21. The number of rotatable bonds is 11. The standard InChI is InChI=1S/C27H33N3O5/c1-34-18-9-8-16-28-25(31)24-15-10-17-30(24)26(32)23(19-21-11-4-2-5-12-21)29-27(33)35-20-22-13-6-3-7-14-22/h2-7,11-14,16,23-24H,8-10,15,17-20H2,1H3,(H,29,33)/b28-16-/t23-,24+/m1/s1. The van der Waals surface area contributed by atoms with Gasteiger partial charge in [0.1, 0.15) is 18.7 Å². The summed E-state index contributed by atoms with van der Waals surface area (Å²) in [6.07, 6.45) is 3.86. The monoisotopic (exact) mass is 479 g/mol. The van der Waals surface area contributed by atoms with E-state index in [9.17, 15) is 14.4 Å². The normalized spacial score (nSPS) is 16.3. The maximum Gasteiger partial charge on any atom is 0.408 e. The first-order valence-electron chi connectivity index (χ1n) is 12.0. The van der Waals surface area contributed by atoms with Gasteiger partial charge >= 0.3 is 6.09 Å². The van der Waals surface area contributed by atoms with Crippen molar-refractivity contribution in [2.45, 2.75) is 50.8 Å². The lowest BCUT2D eigenvalue weighted by molar-refractivity contribution is -0.138. The van der Waals surface area contributed by atoms with E-state index in [0.717, 1.165) is 17.5 Å². The van der Waals surface area contributed by atoms with Crippen molar-refractivity contribution in [1.29, 1.82) is 0 Å². The zero-order chi connectivity index (χ0) is 24.9. The van der Waals surface area contributed by atoms with Gasteiger partial charge in [0, 0.05) is 32.9 Å². The first-order valence-corrected chi connectivity index (χ1v) is 12.0. The highest BCUT2D eigenvalue weighted by Gasteiger charge is 2.37. The molecule has 1 aliphatic rings. The second kappa shape index (κ2) is 14.0. The Morgan fingerprint density at radius 1 is 1.09 bits per heavy atom. The Morgan fingerprint density at radius 2 is 1.77 bits per heavy atom. The minimum absolute atomic E-state index is 0.0987. The van der Waals surface area contributed by atoms with Gasteiger partial charge < -0.3 is 19.7 Å². The summed E-state index contributed by atoms with van der Waals surface area (Å²) in [4.78, 5) is 44.4. The average Bonchev–Trinajstić information content (AvgIpc) is 3.38. The number of unbranched alkanes of at least 4 members (excludes halogenated alkanes) is 1. The minimum Gasteiger partial charge on any atom is -0.445 e. The Kier molecular flexibility index (Phi) is 10.4. The molecule has 0 unspecified atom stereocenters. The molecule has 3 amide bonds. The van der Waals surface area contributed by atoms with Gasteiger partial charge in [0.05, 0.1) is 0 Å². The van der Waals surface area contributed by atoms with E-state index in [1.54, 1.807) is 18.2 Å². The third kappa shape index (κ3) is 8.33. The number of aliphatic imine (C=N–C) groups is 1. The van der Waals surface area contributed by atoms with E-state index in [2.05, 4.69) is 10.3 Å². The molecule has 1 N–H and O–H groups in total. The van der Waals surface area contributed by atoms with Gasteiger partial charge in [-0.25, -0.2) is 9.79 Å². The second-order valence-corrected chi connectivity index (χ2v) is 8.42. The van der Waals surface area contributed by atoms with Crippen LogP contribution in [0.2, 0.25) is 0 Å². The SMILES string of the molecule is COCCC/C=N\C(=O)[C@@H]1CCCN1C(=O)[C@@H](Cc1ccccc1)NC(=O)OCc1ccccc1. The average molecular weight is 480 g/mol. The summed E-state index contributed by atoms with van der Waals surface area (Å²) in [6.45, 7) is 1.14. The smallest absolute Gasteiger partial charge is 0.408 e. The lowest BCUT2D eigenvalue weighted by atomic mass is 10.0. The number of hydrogen-bond donors (Lipinski definition) is 1. The molecule has 8 nitrogen and oxygen atoms in total. The first-order chi connectivity index (χ1) is 17.1. The number of nitrogens with one attached hydrogen (secondary N) is 1. The molecule has 1 saturated heterocycles. The highest BCUT2D eigenvalue weighted by atomic mass is 16.5. The molecular formula is C27H33N3O5. The molecule has 186 valence electrons. The van der Waals surface area contributed by atoms with E-state index in [0.29, 0.717) is 32.4 Å². The van der Waals surface area contributed by atoms with Crippen LogP contribution in [-0.4, -0.2) is 61.4 Å². The molecule has 8 heteroatoms. The van der Waals surface area contributed by atoms with Crippen LogP contribution in [-0.2, 0) is 32.1 Å². The Bertz CT molecular complexity index is 981. The van der Waals surface area contributed by atoms with Crippen molar-refractivity contribution in [1.82, 2.24) is 10.2 Å². The molecule has 1 heterocycles. The molecule has 1 aliphatic heterocycles. The number of alkyl carbamates (subject to hydrolysis) is 1. The van der Waals surface area contributed by atoms with E-state index in [-0.39, 0.29) is 24.8 Å². The zero-order valence-corrected chi connectivity index (χ0v) is 20.1. The third-order valence-electron chi connectivity index (χ3n) is 5.81. The van der Waals surface area contributed by atoms with Crippen LogP contribution in [0.4, 0.5) is 4.79 Å². The van der Waals surface area contributed by atoms with Crippen LogP contribution in [0.5, 0.6) is 0 Å². The third-order valence-corrected chi connectivity index (χ3v) is 5.81. The van der Waals surface area contributed by atoms with Gasteiger partial charge in [-0.3, -0.25) is 9.59 Å². The molecule has 0 aromatic heterocycles. The van der Waals surface area contributed by atoms with Crippen LogP contribution in [0.15, 0.2) is 65.7 Å². The number of ether oxygens (including phenoxy) is 2. The van der Waals surface area contributed by atoms with Gasteiger partial charge in [0.25, 0.3) is 5.91 Å². The van der Waals surface area contributed by atoms with Gasteiger partial charge in [-0.15, -0.1) is 0 Å². The van der Waals surface area contributed by atoms with Crippen molar-refractivity contribution in [2.24, 2.45) is 4.99 Å². The molecular weight excluding hydrogens is 446 g/mol. The van der Waals surface area contributed by atoms with Crippen molar-refractivity contribution in [3.05, 3.63) is 71.8 Å². The lowest BCUT2D eigenvalue weighted by Crippen LogP contribution is -2.52. The second-order valence-electron chi connectivity index (χ2n) is 8.42. The fraction of sp³-hybridized carbons (Fsp3) is 0.407. The van der Waals surface area contributed by atoms with E-state index in [4.69, 9.17) is 9.47 Å². The van der Waals surface area contributed by atoms with Crippen LogP contribution in [0.1, 0.15) is 36.8 Å². The van der Waals surface area contributed by atoms with Crippen molar-refractivity contribution in [3.8, 4) is 0 Å². The molecule has 3 rings (SSSR count). The molecule has 2 aromatic carbocycles. The maximum absolute atomic E-state index is 13.5. The number of carbonyl (C=O) groups excluding carboxylic acids is 3. The first kappa shape index (κ1) is 26.1. The molecule has 0 radical (unpaired) electrons. The number of benzene rings is 2. The summed E-state index contributed by atoms with van der Waals surface area (Å²) in [6, 6.07) is 17.3. The van der Waals surface area contributed by atoms with Crippen LogP contribution >= 0.6 is 0 Å². The lowest BCUT2D eigenvalue weighted by Gasteiger charge is -2.27. The molecule has 0 bridgehead atoms. The van der Waals surface area contributed by atoms with E-state index in [1.165, 1.54) is 0 Å². The summed E-state index contributed by atoms with van der Waals surface area (Å²) < 4.78 is 10.3. The van der Waals surface area contributed by atoms with Crippen LogP contribution < -0.4 is 5.32 Å². The van der Waals surface area contributed by atoms with E-state index >= 15 is 0 Å². The number of amides is 3. The number of nitrogens with zero attached hydrogens (tertiary/aromatic N) is 2. The Labute approximate surface area is 206 Å². The van der Waals surface area contributed by atoms with Crippen molar-refractivity contribution in [2.75, 3.05) is 20.3 Å². The summed E-state index contributed by atoms with van der Waals surface area (Å²) in [7, 11) is 1.63. The predicted molar refractivity (Wildman–Crippen MR) is 133 cm³/mol. The van der Waals surface area contributed by atoms with Crippen LogP contribution in [0.25, 0.3) is 0 Å². The number of carbonyl (C=O) groups is 3. The molecule has 0 aliphatic carbocycles. The Morgan fingerprint density at radius 3 is 2.46 bits per heavy atom.